The largest absolute Gasteiger partial charge is 0.388 e. The first-order valence-electron chi connectivity index (χ1n) is 10.5. The van der Waals surface area contributed by atoms with Crippen LogP contribution in [0, 0.1) is 34.0 Å². The maximum absolute atomic E-state index is 11.2. The number of aliphatic hydroxyl groups excluding tert-OH is 1. The maximum atomic E-state index is 11.2. The molecule has 0 aromatic rings. The summed E-state index contributed by atoms with van der Waals surface area (Å²) < 4.78 is 0. The molecule has 2 nitrogen and oxygen atoms in total. The molecule has 1 spiro atoms. The van der Waals surface area contributed by atoms with E-state index in [9.17, 15) is 5.11 Å². The molecule has 4 bridgehead atoms. The van der Waals surface area contributed by atoms with E-state index in [4.69, 9.17) is 0 Å². The Morgan fingerprint density at radius 3 is 2.67 bits per heavy atom. The molecule has 6 fully saturated rings. The van der Waals surface area contributed by atoms with Crippen molar-refractivity contribution in [2.45, 2.75) is 71.3 Å². The molecule has 0 aromatic carbocycles. The zero-order valence-electron chi connectivity index (χ0n) is 15.7. The summed E-state index contributed by atoms with van der Waals surface area (Å²) in [6, 6.07) is 0. The Morgan fingerprint density at radius 1 is 1.08 bits per heavy atom. The first kappa shape index (κ1) is 15.9. The summed E-state index contributed by atoms with van der Waals surface area (Å²) in [5.74, 6) is 2.25. The van der Waals surface area contributed by atoms with Gasteiger partial charge in [-0.1, -0.05) is 26.8 Å². The van der Waals surface area contributed by atoms with E-state index in [1.807, 2.05) is 0 Å². The minimum atomic E-state index is -0.212. The van der Waals surface area contributed by atoms with Crippen molar-refractivity contribution in [1.29, 1.82) is 0 Å². The number of likely N-dealkylation sites (tertiary alicyclic amines) is 1. The summed E-state index contributed by atoms with van der Waals surface area (Å²) in [5.41, 5.74) is 2.37. The van der Waals surface area contributed by atoms with Gasteiger partial charge in [-0.3, -0.25) is 0 Å². The van der Waals surface area contributed by atoms with Gasteiger partial charge < -0.3 is 10.0 Å². The second kappa shape index (κ2) is 4.88. The summed E-state index contributed by atoms with van der Waals surface area (Å²) in [4.78, 5) is 2.76. The topological polar surface area (TPSA) is 23.5 Å². The summed E-state index contributed by atoms with van der Waals surface area (Å²) in [6.07, 6.45) is 10.6. The van der Waals surface area contributed by atoms with Crippen molar-refractivity contribution in [2.75, 3.05) is 19.6 Å². The lowest BCUT2D eigenvalue weighted by molar-refractivity contribution is -0.239. The third-order valence-corrected chi connectivity index (χ3v) is 9.66. The highest BCUT2D eigenvalue weighted by Gasteiger charge is 2.69. The molecule has 6 aliphatic rings. The maximum Gasteiger partial charge on any atom is 0.0809 e. The number of nitrogens with zero attached hydrogens (tertiary/aromatic N) is 1. The Balaban J connectivity index is 1.62. The normalized spacial score (nSPS) is 56.7. The van der Waals surface area contributed by atoms with Gasteiger partial charge in [0, 0.05) is 18.5 Å². The molecule has 0 radical (unpaired) electrons. The van der Waals surface area contributed by atoms with Gasteiger partial charge in [-0.05, 0) is 85.6 Å². The average Bonchev–Trinajstić information content (AvgIpc) is 2.57. The van der Waals surface area contributed by atoms with Crippen molar-refractivity contribution in [1.82, 2.24) is 4.90 Å². The van der Waals surface area contributed by atoms with Gasteiger partial charge in [-0.2, -0.15) is 0 Å². The average molecular weight is 330 g/mol. The monoisotopic (exact) mass is 329 g/mol. The first-order valence-corrected chi connectivity index (χ1v) is 10.5. The molecule has 134 valence electrons. The quantitative estimate of drug-likeness (QED) is 0.727. The predicted octanol–water partition coefficient (Wildman–Crippen LogP) is 4.24. The molecule has 5 aliphatic carbocycles. The third-order valence-electron chi connectivity index (χ3n) is 9.66. The van der Waals surface area contributed by atoms with Gasteiger partial charge in [0.05, 0.1) is 6.10 Å². The Hall–Kier alpha value is -0.340. The Kier molecular flexibility index (Phi) is 3.23. The highest BCUT2D eigenvalue weighted by molar-refractivity contribution is 5.27. The van der Waals surface area contributed by atoms with Crippen molar-refractivity contribution in [3.05, 3.63) is 12.2 Å². The Labute approximate surface area is 147 Å². The number of fused-ring (bicyclic) bond motifs is 2. The molecule has 2 heteroatoms. The standard InChI is InChI=1S/C22H35NO/c1-4-23-13-20(3)8-5-9-22(14-23)17(20)7-11-21-10-6-16(12-18(21)22)15(2)19(21)24/h16-19,24H,2,4-14H2,1,3H3/t16-,17-,18+,19+,20+,21-,22-/m1/s1. The molecule has 0 unspecified atom stereocenters. The van der Waals surface area contributed by atoms with Crippen LogP contribution in [-0.2, 0) is 0 Å². The zero-order valence-corrected chi connectivity index (χ0v) is 15.7. The molecule has 6 rings (SSSR count). The van der Waals surface area contributed by atoms with Crippen molar-refractivity contribution < 1.29 is 5.11 Å². The second-order valence-electron chi connectivity index (χ2n) is 10.4. The van der Waals surface area contributed by atoms with E-state index in [0.29, 0.717) is 16.7 Å². The summed E-state index contributed by atoms with van der Waals surface area (Å²) in [7, 11) is 0. The van der Waals surface area contributed by atoms with Crippen LogP contribution in [0.5, 0.6) is 0 Å². The highest BCUT2D eigenvalue weighted by atomic mass is 16.3. The van der Waals surface area contributed by atoms with Gasteiger partial charge in [-0.25, -0.2) is 0 Å². The zero-order chi connectivity index (χ0) is 16.7. The van der Waals surface area contributed by atoms with Crippen molar-refractivity contribution >= 4 is 0 Å². The van der Waals surface area contributed by atoms with E-state index in [1.54, 1.807) is 0 Å². The number of piperidine rings is 1. The minimum absolute atomic E-state index is 0.178. The first-order chi connectivity index (χ1) is 11.5. The molecule has 0 amide bonds. The number of hydrogen-bond donors (Lipinski definition) is 1. The molecule has 1 aliphatic heterocycles. The van der Waals surface area contributed by atoms with Gasteiger partial charge in [0.25, 0.3) is 0 Å². The second-order valence-corrected chi connectivity index (χ2v) is 10.4. The van der Waals surface area contributed by atoms with Crippen LogP contribution in [0.15, 0.2) is 12.2 Å². The van der Waals surface area contributed by atoms with Crippen LogP contribution in [0.2, 0.25) is 0 Å². The lowest BCUT2D eigenvalue weighted by Crippen LogP contribution is -2.70. The van der Waals surface area contributed by atoms with Gasteiger partial charge in [0.1, 0.15) is 0 Å². The van der Waals surface area contributed by atoms with E-state index in [-0.39, 0.29) is 11.5 Å². The van der Waals surface area contributed by atoms with E-state index in [0.717, 1.165) is 11.8 Å². The van der Waals surface area contributed by atoms with Crippen LogP contribution in [0.25, 0.3) is 0 Å². The third kappa shape index (κ3) is 1.70. The molecule has 1 heterocycles. The van der Waals surface area contributed by atoms with E-state index in [2.05, 4.69) is 25.3 Å². The Morgan fingerprint density at radius 2 is 1.88 bits per heavy atom. The van der Waals surface area contributed by atoms with Crippen LogP contribution < -0.4 is 0 Å². The van der Waals surface area contributed by atoms with Gasteiger partial charge in [0.2, 0.25) is 0 Å². The van der Waals surface area contributed by atoms with Crippen LogP contribution >= 0.6 is 0 Å². The molecular formula is C22H35NO. The highest BCUT2D eigenvalue weighted by Crippen LogP contribution is 2.73. The number of rotatable bonds is 1. The fourth-order valence-corrected chi connectivity index (χ4v) is 8.78. The van der Waals surface area contributed by atoms with E-state index >= 15 is 0 Å². The van der Waals surface area contributed by atoms with Crippen LogP contribution in [-0.4, -0.2) is 35.7 Å². The van der Waals surface area contributed by atoms with Crippen LogP contribution in [0.3, 0.4) is 0 Å². The molecule has 5 saturated carbocycles. The number of aliphatic hydroxyl groups is 1. The summed E-state index contributed by atoms with van der Waals surface area (Å²) in [5, 5.41) is 11.2. The molecule has 0 aromatic heterocycles. The molecular weight excluding hydrogens is 294 g/mol. The smallest absolute Gasteiger partial charge is 0.0809 e. The molecule has 1 saturated heterocycles. The van der Waals surface area contributed by atoms with Crippen LogP contribution in [0.4, 0.5) is 0 Å². The lowest BCUT2D eigenvalue weighted by Gasteiger charge is -2.73. The van der Waals surface area contributed by atoms with Crippen molar-refractivity contribution in [3.63, 3.8) is 0 Å². The van der Waals surface area contributed by atoms with E-state index in [1.165, 1.54) is 76.6 Å². The summed E-state index contributed by atoms with van der Waals surface area (Å²) in [6.45, 7) is 13.1. The lowest BCUT2D eigenvalue weighted by atomic mass is 9.35. The fraction of sp³-hybridized carbons (Fsp3) is 0.909. The molecule has 7 atom stereocenters. The van der Waals surface area contributed by atoms with Gasteiger partial charge >= 0.3 is 0 Å². The van der Waals surface area contributed by atoms with Crippen LogP contribution in [0.1, 0.15) is 65.2 Å². The predicted molar refractivity (Wildman–Crippen MR) is 97.6 cm³/mol. The Bertz CT molecular complexity index is 572. The van der Waals surface area contributed by atoms with Crippen molar-refractivity contribution in [2.24, 2.45) is 34.0 Å². The summed E-state index contributed by atoms with van der Waals surface area (Å²) >= 11 is 0. The van der Waals surface area contributed by atoms with Gasteiger partial charge in [0.15, 0.2) is 0 Å². The SMILES string of the molecule is C=C1[C@@H]2CC[C@]3(CC[C@@H]4[C@@]5(C)CCC[C@]4(CN(CC)C5)[C@H]3C2)[C@H]1O. The minimum Gasteiger partial charge on any atom is -0.388 e. The molecule has 24 heavy (non-hydrogen) atoms. The van der Waals surface area contributed by atoms with Gasteiger partial charge in [-0.15, -0.1) is 0 Å². The molecule has 1 N–H and O–H groups in total. The fourth-order valence-electron chi connectivity index (χ4n) is 8.78. The van der Waals surface area contributed by atoms with E-state index < -0.39 is 0 Å². The number of hydrogen-bond acceptors (Lipinski definition) is 2. The van der Waals surface area contributed by atoms with Crippen molar-refractivity contribution in [3.8, 4) is 0 Å².